The van der Waals surface area contributed by atoms with E-state index in [4.69, 9.17) is 4.74 Å². The van der Waals surface area contributed by atoms with Gasteiger partial charge >= 0.3 is 5.97 Å². The largest absolute Gasteiger partial charge is 0.426 e. The summed E-state index contributed by atoms with van der Waals surface area (Å²) in [6.45, 7) is 5.71. The Hall–Kier alpha value is -2.35. The van der Waals surface area contributed by atoms with E-state index in [1.54, 1.807) is 36.9 Å². The van der Waals surface area contributed by atoms with Crippen molar-refractivity contribution in [3.63, 3.8) is 0 Å². The summed E-state index contributed by atoms with van der Waals surface area (Å²) in [7, 11) is 0. The maximum Gasteiger partial charge on any atom is 0.308 e. The second-order valence-corrected chi connectivity index (χ2v) is 11.2. The Morgan fingerprint density at radius 1 is 1.08 bits per heavy atom. The van der Waals surface area contributed by atoms with Gasteiger partial charge in [-0.05, 0) is 62.4 Å². The molecule has 0 aromatic heterocycles. The number of aliphatic hydroxyl groups is 1. The van der Waals surface area contributed by atoms with E-state index >= 15 is 0 Å². The van der Waals surface area contributed by atoms with Crippen molar-refractivity contribution >= 4 is 23.6 Å². The minimum Gasteiger partial charge on any atom is -0.426 e. The highest BCUT2D eigenvalue weighted by Crippen LogP contribution is 2.36. The number of hydrogen-bond donors (Lipinski definition) is 2. The van der Waals surface area contributed by atoms with Gasteiger partial charge in [-0.2, -0.15) is 0 Å². The number of thioether (sulfide) groups is 1. The van der Waals surface area contributed by atoms with Crippen molar-refractivity contribution in [3.05, 3.63) is 59.7 Å². The predicted molar refractivity (Wildman–Crippen MR) is 143 cm³/mol. The summed E-state index contributed by atoms with van der Waals surface area (Å²) in [6.07, 6.45) is 5.82. The third kappa shape index (κ3) is 7.11. The average Bonchev–Trinajstić information content (AvgIpc) is 2.88. The van der Waals surface area contributed by atoms with Gasteiger partial charge in [0.05, 0.1) is 12.1 Å². The molecule has 0 spiro atoms. The fraction of sp³-hybridized carbons (Fsp3) is 0.517. The van der Waals surface area contributed by atoms with Crippen LogP contribution in [0.15, 0.2) is 53.4 Å². The van der Waals surface area contributed by atoms with Crippen LogP contribution in [0.25, 0.3) is 0 Å². The first-order chi connectivity index (χ1) is 17.4. The number of β-amino-alcohol motifs (C(OH)–C–C–N with tert-alkyl or cyclic N) is 1. The first-order valence-electron chi connectivity index (χ1n) is 13.1. The molecule has 2 aliphatic rings. The number of amides is 1. The molecule has 36 heavy (non-hydrogen) atoms. The minimum absolute atomic E-state index is 0.273. The summed E-state index contributed by atoms with van der Waals surface area (Å²) >= 11 is 1.63. The van der Waals surface area contributed by atoms with Crippen molar-refractivity contribution in [2.24, 2.45) is 11.8 Å². The molecule has 1 aliphatic carbocycles. The molecule has 1 saturated carbocycles. The number of nitrogens with zero attached hydrogens (tertiary/aromatic N) is 1. The number of carbonyl (C=O) groups is 2. The van der Waals surface area contributed by atoms with E-state index in [1.165, 1.54) is 39.0 Å². The fourth-order valence-electron chi connectivity index (χ4n) is 5.56. The molecule has 1 amide bonds. The number of benzene rings is 2. The molecule has 2 aromatic rings. The molecular formula is C29H38N2O4S. The molecule has 1 saturated heterocycles. The van der Waals surface area contributed by atoms with Crippen LogP contribution in [-0.4, -0.2) is 59.4 Å². The molecule has 4 atom stereocenters. The van der Waals surface area contributed by atoms with E-state index in [-0.39, 0.29) is 5.91 Å². The lowest BCUT2D eigenvalue weighted by Crippen LogP contribution is -2.52. The van der Waals surface area contributed by atoms with Gasteiger partial charge in [0.2, 0.25) is 0 Å². The smallest absolute Gasteiger partial charge is 0.308 e. The molecule has 1 aliphatic heterocycles. The predicted octanol–water partition coefficient (Wildman–Crippen LogP) is 4.68. The molecule has 7 heteroatoms. The number of piperidine rings is 1. The zero-order valence-electron chi connectivity index (χ0n) is 21.3. The number of carbonyl (C=O) groups excluding carboxylic acids is 2. The number of aliphatic hydroxyl groups excluding tert-OH is 1. The van der Waals surface area contributed by atoms with Crippen molar-refractivity contribution in [2.75, 3.05) is 25.4 Å². The van der Waals surface area contributed by atoms with Gasteiger partial charge < -0.3 is 20.1 Å². The summed E-state index contributed by atoms with van der Waals surface area (Å²) in [5.41, 5.74) is 1.05. The molecule has 0 radical (unpaired) electrons. The maximum atomic E-state index is 13.3. The average molecular weight is 511 g/mol. The van der Waals surface area contributed by atoms with Crippen LogP contribution in [0.1, 0.15) is 54.9 Å². The number of likely N-dealkylation sites (tertiary alicyclic amines) is 1. The third-order valence-corrected chi connectivity index (χ3v) is 8.69. The Bertz CT molecular complexity index is 1030. The molecule has 4 rings (SSSR count). The van der Waals surface area contributed by atoms with Crippen molar-refractivity contribution in [2.45, 2.75) is 63.0 Å². The highest BCUT2D eigenvalue weighted by atomic mass is 32.2. The van der Waals surface area contributed by atoms with E-state index in [0.717, 1.165) is 29.8 Å². The van der Waals surface area contributed by atoms with Gasteiger partial charge in [0.1, 0.15) is 5.75 Å². The van der Waals surface area contributed by atoms with Gasteiger partial charge in [0.25, 0.3) is 5.91 Å². The SMILES string of the molecule is CC(=O)Oc1cccc(C(=O)N[C@@H](CSc2ccccc2)[C@H](O)CN2CC[C@@H]3CCCC[C@@H]3C2)c1C. The standard InChI is InChI=1S/C29H38N2O4S/c1-20-25(13-8-14-28(20)35-21(2)32)29(34)30-26(19-36-24-11-4-3-5-12-24)27(33)18-31-16-15-22-9-6-7-10-23(22)17-31/h3-5,8,11-14,22-23,26-27,33H,6-7,9-10,15-19H2,1-2H3,(H,30,34)/t22-,23+,26-,27+/m0/s1. The number of hydrogen-bond acceptors (Lipinski definition) is 6. The van der Waals surface area contributed by atoms with Gasteiger partial charge in [0.15, 0.2) is 0 Å². The van der Waals surface area contributed by atoms with Crippen molar-refractivity contribution in [3.8, 4) is 5.75 Å². The monoisotopic (exact) mass is 510 g/mol. The zero-order valence-corrected chi connectivity index (χ0v) is 22.1. The molecule has 2 N–H and O–H groups in total. The Labute approximate surface area is 218 Å². The molecular weight excluding hydrogens is 472 g/mol. The van der Waals surface area contributed by atoms with E-state index in [2.05, 4.69) is 10.2 Å². The molecule has 1 heterocycles. The first-order valence-corrected chi connectivity index (χ1v) is 14.1. The van der Waals surface area contributed by atoms with E-state index < -0.39 is 18.1 Å². The highest BCUT2D eigenvalue weighted by Gasteiger charge is 2.33. The van der Waals surface area contributed by atoms with Crippen LogP contribution in [0.4, 0.5) is 0 Å². The van der Waals surface area contributed by atoms with Crippen molar-refractivity contribution in [1.82, 2.24) is 10.2 Å². The fourth-order valence-corrected chi connectivity index (χ4v) is 6.58. The molecule has 194 valence electrons. The quantitative estimate of drug-likeness (QED) is 0.290. The number of esters is 1. The lowest BCUT2D eigenvalue weighted by Gasteiger charge is -2.42. The van der Waals surface area contributed by atoms with Gasteiger partial charge in [-0.15, -0.1) is 11.8 Å². The summed E-state index contributed by atoms with van der Waals surface area (Å²) < 4.78 is 5.26. The second kappa shape index (κ2) is 12.7. The second-order valence-electron chi connectivity index (χ2n) is 10.1. The van der Waals surface area contributed by atoms with Gasteiger partial charge in [-0.3, -0.25) is 9.59 Å². The van der Waals surface area contributed by atoms with Crippen molar-refractivity contribution < 1.29 is 19.4 Å². The van der Waals surface area contributed by atoms with E-state index in [1.807, 2.05) is 30.3 Å². The topological polar surface area (TPSA) is 78.9 Å². The van der Waals surface area contributed by atoms with Crippen LogP contribution in [0.3, 0.4) is 0 Å². The Balaban J connectivity index is 1.45. The normalized spacial score (nSPS) is 21.8. The van der Waals surface area contributed by atoms with Crippen LogP contribution in [-0.2, 0) is 4.79 Å². The number of nitrogens with one attached hydrogen (secondary N) is 1. The maximum absolute atomic E-state index is 13.3. The Kier molecular flexibility index (Phi) is 9.46. The van der Waals surface area contributed by atoms with E-state index in [9.17, 15) is 14.7 Å². The highest BCUT2D eigenvalue weighted by molar-refractivity contribution is 7.99. The van der Waals surface area contributed by atoms with Crippen LogP contribution in [0, 0.1) is 18.8 Å². The molecule has 0 unspecified atom stereocenters. The lowest BCUT2D eigenvalue weighted by atomic mass is 9.75. The first kappa shape index (κ1) is 26.7. The summed E-state index contributed by atoms with van der Waals surface area (Å²) in [6, 6.07) is 14.7. The molecule has 6 nitrogen and oxygen atoms in total. The molecule has 2 aromatic carbocycles. The molecule has 2 fully saturated rings. The molecule has 0 bridgehead atoms. The van der Waals surface area contributed by atoms with Crippen LogP contribution >= 0.6 is 11.8 Å². The van der Waals surface area contributed by atoms with E-state index in [0.29, 0.717) is 29.2 Å². The number of fused-ring (bicyclic) bond motifs is 1. The number of ether oxygens (including phenoxy) is 1. The van der Waals surface area contributed by atoms with Gasteiger partial charge in [0, 0.05) is 41.8 Å². The zero-order chi connectivity index (χ0) is 25.5. The summed E-state index contributed by atoms with van der Waals surface area (Å²) in [5, 5.41) is 14.4. The van der Waals surface area contributed by atoms with Gasteiger partial charge in [-0.1, -0.05) is 43.5 Å². The number of rotatable bonds is 9. The Morgan fingerprint density at radius 2 is 1.83 bits per heavy atom. The van der Waals surface area contributed by atoms with Crippen molar-refractivity contribution in [1.29, 1.82) is 0 Å². The van der Waals surface area contributed by atoms with Crippen LogP contribution < -0.4 is 10.1 Å². The Morgan fingerprint density at radius 3 is 2.58 bits per heavy atom. The summed E-state index contributed by atoms with van der Waals surface area (Å²) in [4.78, 5) is 28.3. The third-order valence-electron chi connectivity index (χ3n) is 7.56. The van der Waals surface area contributed by atoms with Gasteiger partial charge in [-0.25, -0.2) is 0 Å². The minimum atomic E-state index is -0.692. The van der Waals surface area contributed by atoms with Crippen LogP contribution in [0.5, 0.6) is 5.75 Å². The lowest BCUT2D eigenvalue weighted by molar-refractivity contribution is -0.131. The summed E-state index contributed by atoms with van der Waals surface area (Å²) in [5.74, 6) is 1.80. The van der Waals surface area contributed by atoms with Crippen LogP contribution in [0.2, 0.25) is 0 Å².